The summed E-state index contributed by atoms with van der Waals surface area (Å²) in [5.74, 6) is -0.0117. The van der Waals surface area contributed by atoms with Gasteiger partial charge in [0.1, 0.15) is 0 Å². The molecular weight excluding hydrogens is 532 g/mol. The summed E-state index contributed by atoms with van der Waals surface area (Å²) in [6.45, 7) is 12.7. The van der Waals surface area contributed by atoms with Gasteiger partial charge < -0.3 is 24.8 Å². The number of para-hydroxylation sites is 1. The molecule has 8 nitrogen and oxygen atoms in total. The molecule has 2 fully saturated rings. The molecule has 0 spiro atoms. The molecule has 5 rings (SSSR count). The van der Waals surface area contributed by atoms with Crippen LogP contribution in [0, 0.1) is 13.8 Å². The van der Waals surface area contributed by atoms with Crippen molar-refractivity contribution in [3.05, 3.63) is 82.9 Å². The third-order valence-corrected chi connectivity index (χ3v) is 8.69. The molecule has 0 radical (unpaired) electrons. The van der Waals surface area contributed by atoms with E-state index < -0.39 is 0 Å². The first-order chi connectivity index (χ1) is 20.0. The van der Waals surface area contributed by atoms with E-state index in [2.05, 4.69) is 62.9 Å². The van der Waals surface area contributed by atoms with Crippen molar-refractivity contribution in [2.24, 2.45) is 0 Å². The van der Waals surface area contributed by atoms with Crippen molar-refractivity contribution in [1.82, 2.24) is 24.7 Å². The van der Waals surface area contributed by atoms with Gasteiger partial charge >= 0.3 is 0 Å². The molecule has 2 saturated heterocycles. The van der Waals surface area contributed by atoms with Crippen molar-refractivity contribution < 1.29 is 9.53 Å². The van der Waals surface area contributed by atoms with Gasteiger partial charge in [-0.2, -0.15) is 0 Å². The van der Waals surface area contributed by atoms with E-state index in [0.717, 1.165) is 69.2 Å². The van der Waals surface area contributed by atoms with Gasteiger partial charge in [0.15, 0.2) is 5.11 Å². The first kappa shape index (κ1) is 29.2. The molecule has 2 aliphatic heterocycles. The predicted octanol–water partition coefficient (Wildman–Crippen LogP) is 4.79. The van der Waals surface area contributed by atoms with E-state index in [-0.39, 0.29) is 18.0 Å². The molecule has 2 aliphatic rings. The van der Waals surface area contributed by atoms with Crippen LogP contribution in [-0.2, 0) is 22.5 Å². The third-order valence-electron chi connectivity index (χ3n) is 8.34. The quantitative estimate of drug-likeness (QED) is 0.319. The average Bonchev–Trinajstić information content (AvgIpc) is 3.47. The summed E-state index contributed by atoms with van der Waals surface area (Å²) < 4.78 is 7.93. The van der Waals surface area contributed by atoms with Crippen molar-refractivity contribution in [3.63, 3.8) is 0 Å². The van der Waals surface area contributed by atoms with Gasteiger partial charge in [-0.3, -0.25) is 14.7 Å². The summed E-state index contributed by atoms with van der Waals surface area (Å²) in [4.78, 5) is 22.4. The SMILES string of the molecule is CCc1ccccc1NC(=O)CCN1C(=S)NC(c2ccccn2)C1c1cc(C)n(CCCN2CCOCC2)c1C. The fourth-order valence-corrected chi connectivity index (χ4v) is 6.45. The molecule has 0 saturated carbocycles. The van der Waals surface area contributed by atoms with Crippen LogP contribution in [0.25, 0.3) is 0 Å². The highest BCUT2D eigenvalue weighted by molar-refractivity contribution is 7.80. The molecular formula is C32H42N6O2S. The molecule has 1 aromatic carbocycles. The first-order valence-corrected chi connectivity index (χ1v) is 15.2. The number of hydrogen-bond acceptors (Lipinski definition) is 5. The van der Waals surface area contributed by atoms with Crippen LogP contribution in [0.1, 0.15) is 60.1 Å². The normalized spacial score (nSPS) is 19.4. The van der Waals surface area contributed by atoms with Gasteiger partial charge in [-0.1, -0.05) is 31.2 Å². The number of benzene rings is 1. The number of hydrogen-bond donors (Lipinski definition) is 2. The van der Waals surface area contributed by atoms with Gasteiger partial charge in [-0.25, -0.2) is 0 Å². The fraction of sp³-hybridized carbons (Fsp3) is 0.469. The summed E-state index contributed by atoms with van der Waals surface area (Å²) in [6, 6.07) is 16.1. The Hall–Kier alpha value is -3.27. The van der Waals surface area contributed by atoms with Crippen LogP contribution in [0.4, 0.5) is 5.69 Å². The maximum atomic E-state index is 13.1. The minimum atomic E-state index is -0.102. The van der Waals surface area contributed by atoms with Crippen LogP contribution in [0.2, 0.25) is 0 Å². The summed E-state index contributed by atoms with van der Waals surface area (Å²) in [7, 11) is 0. The second-order valence-corrected chi connectivity index (χ2v) is 11.3. The standard InChI is InChI=1S/C32H42N6O2S/c1-4-25-10-5-6-11-27(25)34-29(39)13-17-38-31(30(35-32(38)41)28-12-7-8-14-33-28)26-22-23(2)37(24(26)3)16-9-15-36-18-20-40-21-19-36/h5-8,10-12,14,22,30-31H,4,9,13,15-21H2,1-3H3,(H,34,39)(H,35,41). The maximum Gasteiger partial charge on any atom is 0.226 e. The zero-order valence-corrected chi connectivity index (χ0v) is 25.3. The van der Waals surface area contributed by atoms with E-state index in [0.29, 0.717) is 18.1 Å². The summed E-state index contributed by atoms with van der Waals surface area (Å²) in [5.41, 5.74) is 6.67. The highest BCUT2D eigenvalue weighted by Crippen LogP contribution is 2.41. The molecule has 4 heterocycles. The van der Waals surface area contributed by atoms with Crippen molar-refractivity contribution in [2.75, 3.05) is 44.7 Å². The highest BCUT2D eigenvalue weighted by atomic mass is 32.1. The number of anilines is 1. The smallest absolute Gasteiger partial charge is 0.226 e. The lowest BCUT2D eigenvalue weighted by molar-refractivity contribution is -0.116. The molecule has 0 aliphatic carbocycles. The predicted molar refractivity (Wildman–Crippen MR) is 167 cm³/mol. The monoisotopic (exact) mass is 574 g/mol. The zero-order chi connectivity index (χ0) is 28.8. The van der Waals surface area contributed by atoms with Crippen LogP contribution in [0.15, 0.2) is 54.7 Å². The lowest BCUT2D eigenvalue weighted by Crippen LogP contribution is -2.37. The van der Waals surface area contributed by atoms with Crippen LogP contribution in [-0.4, -0.2) is 69.8 Å². The molecule has 0 bridgehead atoms. The number of pyridine rings is 1. The number of nitrogens with one attached hydrogen (secondary N) is 2. The van der Waals surface area contributed by atoms with E-state index in [9.17, 15) is 4.79 Å². The Morgan fingerprint density at radius 3 is 2.63 bits per heavy atom. The summed E-state index contributed by atoms with van der Waals surface area (Å²) in [6.07, 6.45) is 4.12. The topological polar surface area (TPSA) is 74.7 Å². The van der Waals surface area contributed by atoms with Crippen LogP contribution < -0.4 is 10.6 Å². The highest BCUT2D eigenvalue weighted by Gasteiger charge is 2.41. The fourth-order valence-electron chi connectivity index (χ4n) is 6.12. The number of morpholine rings is 1. The first-order valence-electron chi connectivity index (χ1n) is 14.8. The number of ether oxygens (including phenoxy) is 1. The molecule has 2 aromatic heterocycles. The summed E-state index contributed by atoms with van der Waals surface area (Å²) in [5, 5.41) is 7.31. The number of thiocarbonyl (C=S) groups is 1. The maximum absolute atomic E-state index is 13.1. The Morgan fingerprint density at radius 2 is 1.88 bits per heavy atom. The number of carbonyl (C=O) groups is 1. The minimum absolute atomic E-state index is 0.0117. The molecule has 2 unspecified atom stereocenters. The number of aryl methyl sites for hydroxylation is 2. The second kappa shape index (κ2) is 13.6. The van der Waals surface area contributed by atoms with Crippen molar-refractivity contribution in [2.45, 2.75) is 58.7 Å². The number of amides is 1. The van der Waals surface area contributed by atoms with Crippen LogP contribution in [0.5, 0.6) is 0 Å². The Kier molecular flexibility index (Phi) is 9.69. The van der Waals surface area contributed by atoms with E-state index in [1.165, 1.54) is 17.0 Å². The van der Waals surface area contributed by atoms with E-state index in [4.69, 9.17) is 17.0 Å². The molecule has 2 atom stereocenters. The van der Waals surface area contributed by atoms with E-state index in [1.807, 2.05) is 42.6 Å². The Morgan fingerprint density at radius 1 is 1.10 bits per heavy atom. The summed E-state index contributed by atoms with van der Waals surface area (Å²) >= 11 is 5.87. The Bertz CT molecular complexity index is 1340. The zero-order valence-electron chi connectivity index (χ0n) is 24.4. The lowest BCUT2D eigenvalue weighted by Gasteiger charge is -2.28. The van der Waals surface area contributed by atoms with Gasteiger partial charge in [-0.05, 0) is 74.3 Å². The second-order valence-electron chi connectivity index (χ2n) is 10.9. The van der Waals surface area contributed by atoms with Gasteiger partial charge in [0.25, 0.3) is 0 Å². The lowest BCUT2D eigenvalue weighted by atomic mass is 9.96. The van der Waals surface area contributed by atoms with Crippen molar-refractivity contribution in [1.29, 1.82) is 0 Å². The van der Waals surface area contributed by atoms with Gasteiger partial charge in [0.05, 0.1) is 31.0 Å². The van der Waals surface area contributed by atoms with Crippen LogP contribution >= 0.6 is 12.2 Å². The molecule has 2 N–H and O–H groups in total. The molecule has 41 heavy (non-hydrogen) atoms. The van der Waals surface area contributed by atoms with E-state index >= 15 is 0 Å². The Balaban J connectivity index is 1.34. The Labute approximate surface area is 249 Å². The van der Waals surface area contributed by atoms with Crippen LogP contribution in [0.3, 0.4) is 0 Å². The molecule has 218 valence electrons. The van der Waals surface area contributed by atoms with Crippen molar-refractivity contribution in [3.8, 4) is 0 Å². The van der Waals surface area contributed by atoms with Gasteiger partial charge in [0.2, 0.25) is 5.91 Å². The minimum Gasteiger partial charge on any atom is -0.379 e. The average molecular weight is 575 g/mol. The molecule has 9 heteroatoms. The van der Waals surface area contributed by atoms with Gasteiger partial charge in [-0.15, -0.1) is 0 Å². The van der Waals surface area contributed by atoms with E-state index in [1.54, 1.807) is 0 Å². The van der Waals surface area contributed by atoms with Gasteiger partial charge in [0, 0.05) is 62.4 Å². The number of carbonyl (C=O) groups excluding carboxylic acids is 1. The molecule has 1 amide bonds. The number of aromatic nitrogens is 2. The van der Waals surface area contributed by atoms with Crippen molar-refractivity contribution >= 4 is 28.9 Å². The third kappa shape index (κ3) is 6.80. The number of rotatable bonds is 11. The number of nitrogens with zero attached hydrogens (tertiary/aromatic N) is 4. The molecule has 3 aromatic rings. The largest absolute Gasteiger partial charge is 0.379 e.